The molecule has 0 fully saturated rings. The highest BCUT2D eigenvalue weighted by Crippen LogP contribution is 2.22. The average Bonchev–Trinajstić information content (AvgIpc) is 2.66. The van der Waals surface area contributed by atoms with Crippen LogP contribution in [-0.4, -0.2) is 48.0 Å². The Balaban J connectivity index is 3.07. The smallest absolute Gasteiger partial charge is 0.402 e. The number of halogens is 3. The second-order valence-corrected chi connectivity index (χ2v) is 5.27. The minimum absolute atomic E-state index is 0.140. The van der Waals surface area contributed by atoms with Crippen LogP contribution in [0.3, 0.4) is 0 Å². The number of hydrogen-bond donors (Lipinski definition) is 2. The zero-order chi connectivity index (χ0) is 14.0. The fourth-order valence-corrected chi connectivity index (χ4v) is 2.55. The van der Waals surface area contributed by atoms with Gasteiger partial charge in [-0.05, 0) is 6.07 Å². The molecule has 18 heavy (non-hydrogen) atoms. The number of sulfonamides is 1. The number of carboxylic acid groups (broad SMARTS) is 1. The summed E-state index contributed by atoms with van der Waals surface area (Å²) in [6, 6.07) is 1.04. The topological polar surface area (TPSA) is 90.5 Å². The van der Waals surface area contributed by atoms with Gasteiger partial charge in [-0.3, -0.25) is 4.79 Å². The number of carbonyl (C=O) groups is 1. The number of hydrogen-bond acceptors (Lipinski definition) is 3. The Morgan fingerprint density at radius 1 is 1.44 bits per heavy atom. The molecule has 0 atom stereocenters. The molecule has 0 saturated carbocycles. The molecule has 6 nitrogen and oxygen atoms in total. The summed E-state index contributed by atoms with van der Waals surface area (Å²) in [5.74, 6) is -1.67. The number of aromatic nitrogens is 1. The summed E-state index contributed by atoms with van der Waals surface area (Å²) in [6.07, 6.45) is -2.64. The summed E-state index contributed by atoms with van der Waals surface area (Å²) in [4.78, 5) is 12.4. The fraction of sp³-hybridized carbons (Fsp3) is 0.375. The Labute approximate surface area is 100 Å². The molecule has 0 spiro atoms. The number of H-pyrrole nitrogens is 1. The minimum Gasteiger partial charge on any atom is -0.480 e. The van der Waals surface area contributed by atoms with Crippen LogP contribution >= 0.6 is 0 Å². The average molecular weight is 286 g/mol. The number of nitrogens with zero attached hydrogens (tertiary/aromatic N) is 1. The van der Waals surface area contributed by atoms with Crippen molar-refractivity contribution in [2.75, 3.05) is 13.1 Å². The lowest BCUT2D eigenvalue weighted by atomic mass is 10.5. The third-order valence-electron chi connectivity index (χ3n) is 1.87. The van der Waals surface area contributed by atoms with E-state index >= 15 is 0 Å². The second kappa shape index (κ2) is 4.98. The van der Waals surface area contributed by atoms with Crippen LogP contribution in [0, 0.1) is 0 Å². The SMILES string of the molecule is O=C(O)CN(CC(F)(F)F)S(=O)(=O)c1cc[nH]c1. The van der Waals surface area contributed by atoms with Gasteiger partial charge in [0.2, 0.25) is 10.0 Å². The molecule has 10 heteroatoms. The third kappa shape index (κ3) is 3.74. The van der Waals surface area contributed by atoms with E-state index in [2.05, 4.69) is 4.98 Å². The van der Waals surface area contributed by atoms with Crippen molar-refractivity contribution in [1.82, 2.24) is 9.29 Å². The first-order valence-corrected chi connectivity index (χ1v) is 5.98. The van der Waals surface area contributed by atoms with E-state index in [1.165, 1.54) is 6.20 Å². The molecule has 1 heterocycles. The van der Waals surface area contributed by atoms with E-state index in [1.807, 2.05) is 0 Å². The number of aliphatic carboxylic acids is 1. The number of carboxylic acids is 1. The van der Waals surface area contributed by atoms with Crippen molar-refractivity contribution in [2.24, 2.45) is 0 Å². The normalized spacial score (nSPS) is 12.9. The second-order valence-electron chi connectivity index (χ2n) is 3.33. The maximum Gasteiger partial charge on any atom is 0.402 e. The zero-order valence-corrected chi connectivity index (χ0v) is 9.62. The summed E-state index contributed by atoms with van der Waals surface area (Å²) in [7, 11) is -4.48. The van der Waals surface area contributed by atoms with Crippen LogP contribution in [0.25, 0.3) is 0 Å². The maximum atomic E-state index is 12.2. The highest BCUT2D eigenvalue weighted by atomic mass is 32.2. The molecular formula is C8H9F3N2O4S. The molecule has 0 unspecified atom stereocenters. The predicted molar refractivity (Wildman–Crippen MR) is 53.2 cm³/mol. The number of rotatable bonds is 5. The first kappa shape index (κ1) is 14.5. The molecule has 0 saturated heterocycles. The highest BCUT2D eigenvalue weighted by Gasteiger charge is 2.38. The van der Waals surface area contributed by atoms with Crippen molar-refractivity contribution in [3.8, 4) is 0 Å². The Bertz CT molecular complexity index is 509. The molecule has 0 aromatic carbocycles. The van der Waals surface area contributed by atoms with E-state index in [9.17, 15) is 26.4 Å². The molecule has 1 aromatic rings. The van der Waals surface area contributed by atoms with Crippen LogP contribution in [0.5, 0.6) is 0 Å². The Hall–Kier alpha value is -1.55. The highest BCUT2D eigenvalue weighted by molar-refractivity contribution is 7.89. The largest absolute Gasteiger partial charge is 0.480 e. The monoisotopic (exact) mass is 286 g/mol. The van der Waals surface area contributed by atoms with Crippen molar-refractivity contribution < 1.29 is 31.5 Å². The van der Waals surface area contributed by atoms with Gasteiger partial charge in [0, 0.05) is 12.4 Å². The number of nitrogens with one attached hydrogen (secondary N) is 1. The first-order chi connectivity index (χ1) is 8.13. The van der Waals surface area contributed by atoms with Crippen molar-refractivity contribution >= 4 is 16.0 Å². The molecule has 1 rings (SSSR count). The molecule has 0 bridgehead atoms. The predicted octanol–water partition coefficient (Wildman–Crippen LogP) is 0.652. The minimum atomic E-state index is -4.82. The van der Waals surface area contributed by atoms with E-state index in [4.69, 9.17) is 5.11 Å². The van der Waals surface area contributed by atoms with Gasteiger partial charge in [-0.15, -0.1) is 0 Å². The van der Waals surface area contributed by atoms with Crippen molar-refractivity contribution in [3.05, 3.63) is 18.5 Å². The number of aromatic amines is 1. The quantitative estimate of drug-likeness (QED) is 0.831. The van der Waals surface area contributed by atoms with Crippen molar-refractivity contribution in [3.63, 3.8) is 0 Å². The van der Waals surface area contributed by atoms with Gasteiger partial charge in [-0.2, -0.15) is 17.5 Å². The zero-order valence-electron chi connectivity index (χ0n) is 8.81. The van der Waals surface area contributed by atoms with E-state index < -0.39 is 40.2 Å². The molecule has 102 valence electrons. The molecule has 0 amide bonds. The van der Waals surface area contributed by atoms with Crippen LogP contribution in [0.2, 0.25) is 0 Å². The van der Waals surface area contributed by atoms with Gasteiger partial charge in [0.1, 0.15) is 13.1 Å². The summed E-state index contributed by atoms with van der Waals surface area (Å²) < 4.78 is 60.0. The van der Waals surface area contributed by atoms with Crippen LogP contribution in [0.4, 0.5) is 13.2 Å². The van der Waals surface area contributed by atoms with Crippen LogP contribution in [-0.2, 0) is 14.8 Å². The van der Waals surface area contributed by atoms with Gasteiger partial charge >= 0.3 is 12.1 Å². The van der Waals surface area contributed by atoms with Gasteiger partial charge in [-0.25, -0.2) is 8.42 Å². The third-order valence-corrected chi connectivity index (χ3v) is 3.66. The van der Waals surface area contributed by atoms with Gasteiger partial charge in [-0.1, -0.05) is 0 Å². The lowest BCUT2D eigenvalue weighted by Crippen LogP contribution is -2.41. The first-order valence-electron chi connectivity index (χ1n) is 4.54. The van der Waals surface area contributed by atoms with Gasteiger partial charge in [0.15, 0.2) is 0 Å². The van der Waals surface area contributed by atoms with Crippen LogP contribution < -0.4 is 0 Å². The summed E-state index contributed by atoms with van der Waals surface area (Å²) >= 11 is 0. The van der Waals surface area contributed by atoms with Crippen LogP contribution in [0.1, 0.15) is 0 Å². The van der Waals surface area contributed by atoms with Gasteiger partial charge < -0.3 is 10.1 Å². The van der Waals surface area contributed by atoms with E-state index in [-0.39, 0.29) is 4.31 Å². The Morgan fingerprint density at radius 2 is 2.06 bits per heavy atom. The molecule has 0 aliphatic carbocycles. The molecule has 0 aliphatic heterocycles. The molecule has 2 N–H and O–H groups in total. The van der Waals surface area contributed by atoms with E-state index in [0.717, 1.165) is 12.3 Å². The summed E-state index contributed by atoms with van der Waals surface area (Å²) in [5.41, 5.74) is 0. The van der Waals surface area contributed by atoms with Crippen LogP contribution in [0.15, 0.2) is 23.4 Å². The molecule has 0 aliphatic rings. The fourth-order valence-electron chi connectivity index (χ4n) is 1.19. The Morgan fingerprint density at radius 3 is 2.44 bits per heavy atom. The lowest BCUT2D eigenvalue weighted by molar-refractivity contribution is -0.146. The number of alkyl halides is 3. The van der Waals surface area contributed by atoms with E-state index in [0.29, 0.717) is 0 Å². The molecule has 1 aromatic heterocycles. The lowest BCUT2D eigenvalue weighted by Gasteiger charge is -2.20. The maximum absolute atomic E-state index is 12.2. The van der Waals surface area contributed by atoms with Gasteiger partial charge in [0.05, 0.1) is 4.90 Å². The van der Waals surface area contributed by atoms with Crippen molar-refractivity contribution in [1.29, 1.82) is 0 Å². The molecule has 0 radical (unpaired) electrons. The summed E-state index contributed by atoms with van der Waals surface area (Å²) in [6.45, 7) is -3.11. The Kier molecular flexibility index (Phi) is 4.02. The standard InChI is InChI=1S/C8H9F3N2O4S/c9-8(10,11)5-13(4-7(14)15)18(16,17)6-1-2-12-3-6/h1-3,12H,4-5H2,(H,14,15). The summed E-state index contributed by atoms with van der Waals surface area (Å²) in [5, 5.41) is 8.46. The van der Waals surface area contributed by atoms with Gasteiger partial charge in [0.25, 0.3) is 0 Å². The van der Waals surface area contributed by atoms with Crippen molar-refractivity contribution in [2.45, 2.75) is 11.1 Å². The molecular weight excluding hydrogens is 277 g/mol. The van der Waals surface area contributed by atoms with E-state index in [1.54, 1.807) is 0 Å².